The summed E-state index contributed by atoms with van der Waals surface area (Å²) in [5.41, 5.74) is 0.593. The molecule has 1 heterocycles. The van der Waals surface area contributed by atoms with Crippen molar-refractivity contribution >= 4 is 40.8 Å². The van der Waals surface area contributed by atoms with Crippen molar-refractivity contribution in [2.45, 2.75) is 6.54 Å². The molecule has 0 saturated carbocycles. The topological polar surface area (TPSA) is 71.3 Å². The third-order valence-electron chi connectivity index (χ3n) is 2.54. The second-order valence-corrected chi connectivity index (χ2v) is 4.84. The van der Waals surface area contributed by atoms with Crippen LogP contribution in [0.15, 0.2) is 36.5 Å². The SMILES string of the molecule is O=C(O)Cn1cccc1C(=O)Nc1cc(Cl)ccc1Cl. The summed E-state index contributed by atoms with van der Waals surface area (Å²) in [5.74, 6) is -1.49. The number of aliphatic carboxylic acids is 1. The molecule has 104 valence electrons. The van der Waals surface area contributed by atoms with Gasteiger partial charge in [0, 0.05) is 11.2 Å². The van der Waals surface area contributed by atoms with Crippen molar-refractivity contribution in [2.24, 2.45) is 0 Å². The quantitative estimate of drug-likeness (QED) is 0.911. The van der Waals surface area contributed by atoms with E-state index < -0.39 is 11.9 Å². The molecule has 1 aromatic carbocycles. The van der Waals surface area contributed by atoms with E-state index >= 15 is 0 Å². The van der Waals surface area contributed by atoms with Crippen LogP contribution in [0.5, 0.6) is 0 Å². The van der Waals surface area contributed by atoms with Crippen molar-refractivity contribution in [1.82, 2.24) is 4.57 Å². The van der Waals surface area contributed by atoms with Gasteiger partial charge in [0.2, 0.25) is 0 Å². The summed E-state index contributed by atoms with van der Waals surface area (Å²) in [4.78, 5) is 22.8. The van der Waals surface area contributed by atoms with E-state index in [-0.39, 0.29) is 12.2 Å². The van der Waals surface area contributed by atoms with Crippen LogP contribution in [0.4, 0.5) is 5.69 Å². The maximum atomic E-state index is 12.1. The fourth-order valence-corrected chi connectivity index (χ4v) is 2.02. The van der Waals surface area contributed by atoms with Gasteiger partial charge in [-0.25, -0.2) is 0 Å². The Balaban J connectivity index is 2.22. The van der Waals surface area contributed by atoms with E-state index in [0.29, 0.717) is 15.7 Å². The van der Waals surface area contributed by atoms with E-state index in [0.717, 1.165) is 0 Å². The van der Waals surface area contributed by atoms with Crippen molar-refractivity contribution in [3.63, 3.8) is 0 Å². The van der Waals surface area contributed by atoms with Gasteiger partial charge >= 0.3 is 5.97 Å². The molecule has 0 bridgehead atoms. The van der Waals surface area contributed by atoms with E-state index in [2.05, 4.69) is 5.32 Å². The van der Waals surface area contributed by atoms with E-state index in [1.807, 2.05) is 0 Å². The fourth-order valence-electron chi connectivity index (χ4n) is 1.68. The second-order valence-electron chi connectivity index (χ2n) is 3.99. The lowest BCUT2D eigenvalue weighted by molar-refractivity contribution is -0.137. The Labute approximate surface area is 124 Å². The van der Waals surface area contributed by atoms with Crippen LogP contribution in [-0.4, -0.2) is 21.6 Å². The van der Waals surface area contributed by atoms with Gasteiger partial charge in [-0.2, -0.15) is 0 Å². The molecular formula is C13H10Cl2N2O3. The monoisotopic (exact) mass is 312 g/mol. The first-order valence-corrected chi connectivity index (χ1v) is 6.36. The molecule has 0 aliphatic heterocycles. The second kappa shape index (κ2) is 5.98. The first-order valence-electron chi connectivity index (χ1n) is 5.60. The van der Waals surface area contributed by atoms with Gasteiger partial charge in [0.15, 0.2) is 0 Å². The van der Waals surface area contributed by atoms with Gasteiger partial charge in [-0.1, -0.05) is 23.2 Å². The van der Waals surface area contributed by atoms with E-state index in [1.165, 1.54) is 22.9 Å². The van der Waals surface area contributed by atoms with Crippen LogP contribution in [0, 0.1) is 0 Å². The minimum absolute atomic E-state index is 0.225. The van der Waals surface area contributed by atoms with Gasteiger partial charge in [-0.05, 0) is 30.3 Å². The largest absolute Gasteiger partial charge is 0.480 e. The number of nitrogens with zero attached hydrogens (tertiary/aromatic N) is 1. The molecule has 20 heavy (non-hydrogen) atoms. The Morgan fingerprint density at radius 1 is 1.25 bits per heavy atom. The lowest BCUT2D eigenvalue weighted by atomic mass is 10.3. The molecule has 0 radical (unpaired) electrons. The normalized spacial score (nSPS) is 10.3. The standard InChI is InChI=1S/C13H10Cl2N2O3/c14-8-3-4-9(15)10(6-8)16-13(20)11-2-1-5-17(11)7-12(18)19/h1-6H,7H2,(H,16,20)(H,18,19). The van der Waals surface area contributed by atoms with E-state index in [4.69, 9.17) is 28.3 Å². The maximum absolute atomic E-state index is 12.1. The van der Waals surface area contributed by atoms with Crippen LogP contribution < -0.4 is 5.32 Å². The van der Waals surface area contributed by atoms with Gasteiger partial charge in [-0.3, -0.25) is 9.59 Å². The Morgan fingerprint density at radius 2 is 2.00 bits per heavy atom. The number of carbonyl (C=O) groups excluding carboxylic acids is 1. The first kappa shape index (κ1) is 14.4. The molecule has 2 aromatic rings. The van der Waals surface area contributed by atoms with E-state index in [9.17, 15) is 9.59 Å². The lowest BCUT2D eigenvalue weighted by Gasteiger charge is -2.09. The zero-order valence-electron chi connectivity index (χ0n) is 10.1. The molecule has 1 amide bonds. The minimum atomic E-state index is -1.03. The molecule has 5 nitrogen and oxygen atoms in total. The Hall–Kier alpha value is -1.98. The molecule has 0 aliphatic carbocycles. The molecule has 0 unspecified atom stereocenters. The highest BCUT2D eigenvalue weighted by molar-refractivity contribution is 6.35. The van der Waals surface area contributed by atoms with Crippen molar-refractivity contribution in [3.05, 3.63) is 52.3 Å². The van der Waals surface area contributed by atoms with Crippen LogP contribution in [0.25, 0.3) is 0 Å². The summed E-state index contributed by atoms with van der Waals surface area (Å²) in [7, 11) is 0. The molecule has 2 rings (SSSR count). The molecule has 0 atom stereocenters. The zero-order chi connectivity index (χ0) is 14.7. The Kier molecular flexibility index (Phi) is 4.32. The highest BCUT2D eigenvalue weighted by Gasteiger charge is 2.14. The molecule has 0 aliphatic rings. The summed E-state index contributed by atoms with van der Waals surface area (Å²) in [5, 5.41) is 12.2. The number of aromatic nitrogens is 1. The van der Waals surface area contributed by atoms with Gasteiger partial charge in [0.25, 0.3) is 5.91 Å². The summed E-state index contributed by atoms with van der Waals surface area (Å²) < 4.78 is 1.33. The molecule has 0 spiro atoms. The van der Waals surface area contributed by atoms with E-state index in [1.54, 1.807) is 18.2 Å². The van der Waals surface area contributed by atoms with Gasteiger partial charge in [0.1, 0.15) is 12.2 Å². The summed E-state index contributed by atoms with van der Waals surface area (Å²) in [6.07, 6.45) is 1.52. The third-order valence-corrected chi connectivity index (χ3v) is 3.11. The number of hydrogen-bond acceptors (Lipinski definition) is 2. The molecule has 2 N–H and O–H groups in total. The number of nitrogens with one attached hydrogen (secondary N) is 1. The lowest BCUT2D eigenvalue weighted by Crippen LogP contribution is -2.19. The smallest absolute Gasteiger partial charge is 0.323 e. The van der Waals surface area contributed by atoms with Crippen molar-refractivity contribution in [3.8, 4) is 0 Å². The Morgan fingerprint density at radius 3 is 2.70 bits per heavy atom. The average molecular weight is 313 g/mol. The average Bonchev–Trinajstić information content (AvgIpc) is 2.81. The van der Waals surface area contributed by atoms with Crippen LogP contribution in [0.1, 0.15) is 10.5 Å². The van der Waals surface area contributed by atoms with Crippen molar-refractivity contribution in [2.75, 3.05) is 5.32 Å². The molecule has 7 heteroatoms. The minimum Gasteiger partial charge on any atom is -0.480 e. The number of halogens is 2. The predicted octanol–water partition coefficient (Wildman–Crippen LogP) is 3.13. The molecule has 0 saturated heterocycles. The molecule has 1 aromatic heterocycles. The number of carbonyl (C=O) groups is 2. The number of amides is 1. The predicted molar refractivity (Wildman–Crippen MR) is 76.5 cm³/mol. The number of carboxylic acid groups (broad SMARTS) is 1. The summed E-state index contributed by atoms with van der Waals surface area (Å²) >= 11 is 11.8. The first-order chi connectivity index (χ1) is 9.47. The third kappa shape index (κ3) is 3.31. The van der Waals surface area contributed by atoms with Crippen LogP contribution in [0.2, 0.25) is 10.0 Å². The van der Waals surface area contributed by atoms with Gasteiger partial charge in [-0.15, -0.1) is 0 Å². The van der Waals surface area contributed by atoms with Crippen LogP contribution in [0.3, 0.4) is 0 Å². The van der Waals surface area contributed by atoms with Crippen LogP contribution >= 0.6 is 23.2 Å². The highest BCUT2D eigenvalue weighted by atomic mass is 35.5. The van der Waals surface area contributed by atoms with Gasteiger partial charge in [0.05, 0.1) is 10.7 Å². The van der Waals surface area contributed by atoms with Crippen molar-refractivity contribution in [1.29, 1.82) is 0 Å². The van der Waals surface area contributed by atoms with Crippen molar-refractivity contribution < 1.29 is 14.7 Å². The maximum Gasteiger partial charge on any atom is 0.323 e. The molecular weight excluding hydrogens is 303 g/mol. The summed E-state index contributed by atoms with van der Waals surface area (Å²) in [6.45, 7) is -0.293. The van der Waals surface area contributed by atoms with Gasteiger partial charge < -0.3 is 15.0 Å². The number of hydrogen-bond donors (Lipinski definition) is 2. The number of anilines is 1. The highest BCUT2D eigenvalue weighted by Crippen LogP contribution is 2.25. The zero-order valence-corrected chi connectivity index (χ0v) is 11.6. The molecule has 0 fully saturated rings. The summed E-state index contributed by atoms with van der Waals surface area (Å²) in [6, 6.07) is 7.81. The fraction of sp³-hybridized carbons (Fsp3) is 0.0769. The number of benzene rings is 1. The number of rotatable bonds is 4. The van der Waals surface area contributed by atoms with Crippen LogP contribution in [-0.2, 0) is 11.3 Å². The Bertz CT molecular complexity index is 667. The number of carboxylic acids is 1.